The van der Waals surface area contributed by atoms with Gasteiger partial charge in [0.2, 0.25) is 0 Å². The van der Waals surface area contributed by atoms with E-state index in [1.54, 1.807) is 54.6 Å². The average molecular weight is 459 g/mol. The maximum absolute atomic E-state index is 12.7. The summed E-state index contributed by atoms with van der Waals surface area (Å²) in [6.45, 7) is 3.81. The zero-order valence-electron chi connectivity index (χ0n) is 18.9. The van der Waals surface area contributed by atoms with Crippen LogP contribution in [0.3, 0.4) is 0 Å². The molecule has 1 aliphatic rings. The summed E-state index contributed by atoms with van der Waals surface area (Å²) < 4.78 is 16.9. The van der Waals surface area contributed by atoms with Crippen LogP contribution in [0.25, 0.3) is 6.08 Å². The van der Waals surface area contributed by atoms with Gasteiger partial charge in [0.25, 0.3) is 11.8 Å². The number of carbonyl (C=O) groups is 2. The second kappa shape index (κ2) is 11.2. The molecule has 3 aromatic rings. The Labute approximate surface area is 198 Å². The molecule has 0 aromatic heterocycles. The van der Waals surface area contributed by atoms with E-state index in [0.29, 0.717) is 37.9 Å². The van der Waals surface area contributed by atoms with Gasteiger partial charge in [-0.1, -0.05) is 42.5 Å². The number of benzene rings is 3. The quantitative estimate of drug-likeness (QED) is 0.283. The summed E-state index contributed by atoms with van der Waals surface area (Å²) in [4.78, 5) is 25.0. The lowest BCUT2D eigenvalue weighted by atomic mass is 10.1. The molecule has 3 aromatic carbocycles. The molecule has 4 rings (SSSR count). The second-order valence-corrected chi connectivity index (χ2v) is 7.67. The number of nitrogens with zero attached hydrogens (tertiary/aromatic N) is 1. The first kappa shape index (κ1) is 23.1. The molecule has 0 radical (unpaired) electrons. The Kier molecular flexibility index (Phi) is 7.57. The number of anilines is 1. The zero-order chi connectivity index (χ0) is 23.8. The molecule has 0 spiro atoms. The largest absolute Gasteiger partial charge is 0.491 e. The zero-order valence-corrected chi connectivity index (χ0v) is 18.9. The van der Waals surface area contributed by atoms with E-state index in [1.807, 2.05) is 37.3 Å². The number of carbonyl (C=O) groups excluding carboxylic acids is 2. The van der Waals surface area contributed by atoms with E-state index in [0.717, 1.165) is 16.9 Å². The van der Waals surface area contributed by atoms with Crippen LogP contribution in [0.1, 0.15) is 11.1 Å². The summed E-state index contributed by atoms with van der Waals surface area (Å²) in [5.74, 6) is 0.687. The van der Waals surface area contributed by atoms with Crippen LogP contribution in [-0.4, -0.2) is 38.2 Å². The molecular formula is C27H26N2O5. The van der Waals surface area contributed by atoms with Crippen LogP contribution >= 0.6 is 0 Å². The first-order valence-corrected chi connectivity index (χ1v) is 11.0. The highest BCUT2D eigenvalue weighted by molar-refractivity contribution is 6.31. The van der Waals surface area contributed by atoms with E-state index in [9.17, 15) is 9.59 Å². The number of hydrogen-bond acceptors (Lipinski definition) is 5. The standard InChI is InChI=1S/C27H26N2O5/c1-20-6-5-9-24(18-20)34-17-15-32-14-16-33-23-12-10-21(11-13-23)19-25-26(30)28-29(27(25)31)22-7-3-2-4-8-22/h2-13,18-19H,14-17H2,1H3,(H,28,30). The number of nitrogens with one attached hydrogen (secondary N) is 1. The molecule has 34 heavy (non-hydrogen) atoms. The van der Waals surface area contributed by atoms with E-state index >= 15 is 0 Å². The molecule has 1 aliphatic heterocycles. The van der Waals surface area contributed by atoms with E-state index in [1.165, 1.54) is 5.01 Å². The average Bonchev–Trinajstić information content (AvgIpc) is 3.13. The van der Waals surface area contributed by atoms with Crippen molar-refractivity contribution in [1.82, 2.24) is 5.43 Å². The van der Waals surface area contributed by atoms with Crippen molar-refractivity contribution in [2.24, 2.45) is 0 Å². The Morgan fingerprint density at radius 1 is 0.794 bits per heavy atom. The number of rotatable bonds is 10. The molecule has 174 valence electrons. The first-order chi connectivity index (χ1) is 16.6. The van der Waals surface area contributed by atoms with Crippen LogP contribution in [0.2, 0.25) is 0 Å². The van der Waals surface area contributed by atoms with Crippen LogP contribution < -0.4 is 19.9 Å². The summed E-state index contributed by atoms with van der Waals surface area (Å²) in [6.07, 6.45) is 1.57. The van der Waals surface area contributed by atoms with Crippen molar-refractivity contribution in [3.05, 3.63) is 95.6 Å². The van der Waals surface area contributed by atoms with Crippen LogP contribution in [-0.2, 0) is 14.3 Å². The van der Waals surface area contributed by atoms with Gasteiger partial charge in [-0.15, -0.1) is 0 Å². The van der Waals surface area contributed by atoms with Gasteiger partial charge in [0.15, 0.2) is 0 Å². The maximum Gasteiger partial charge on any atom is 0.282 e. The number of hydrogen-bond donors (Lipinski definition) is 1. The third-order valence-electron chi connectivity index (χ3n) is 5.08. The first-order valence-electron chi connectivity index (χ1n) is 11.0. The molecule has 0 atom stereocenters. The smallest absolute Gasteiger partial charge is 0.282 e. The molecule has 7 nitrogen and oxygen atoms in total. The summed E-state index contributed by atoms with van der Waals surface area (Å²) in [6, 6.07) is 24.0. The van der Waals surface area contributed by atoms with Crippen molar-refractivity contribution in [1.29, 1.82) is 0 Å². The van der Waals surface area contributed by atoms with Gasteiger partial charge in [-0.25, -0.2) is 5.01 Å². The summed E-state index contributed by atoms with van der Waals surface area (Å²) in [5, 5.41) is 1.25. The lowest BCUT2D eigenvalue weighted by Crippen LogP contribution is -2.35. The molecular weight excluding hydrogens is 432 g/mol. The predicted molar refractivity (Wildman–Crippen MR) is 129 cm³/mol. The molecule has 2 amide bonds. The van der Waals surface area contributed by atoms with Gasteiger partial charge >= 0.3 is 0 Å². The third kappa shape index (κ3) is 6.02. The van der Waals surface area contributed by atoms with Gasteiger partial charge in [0.1, 0.15) is 30.3 Å². The topological polar surface area (TPSA) is 77.1 Å². The minimum Gasteiger partial charge on any atom is -0.491 e. The van der Waals surface area contributed by atoms with E-state index in [4.69, 9.17) is 14.2 Å². The van der Waals surface area contributed by atoms with Crippen molar-refractivity contribution in [3.63, 3.8) is 0 Å². The number of amides is 2. The van der Waals surface area contributed by atoms with E-state index in [2.05, 4.69) is 5.43 Å². The Hall–Kier alpha value is -4.10. The van der Waals surface area contributed by atoms with Crippen LogP contribution in [0.5, 0.6) is 11.5 Å². The summed E-state index contributed by atoms with van der Waals surface area (Å²) in [5.41, 5.74) is 5.16. The minimum absolute atomic E-state index is 0.0822. The normalized spacial score (nSPS) is 14.4. The van der Waals surface area contributed by atoms with Crippen LogP contribution in [0.15, 0.2) is 84.4 Å². The lowest BCUT2D eigenvalue weighted by Gasteiger charge is -2.13. The van der Waals surface area contributed by atoms with Gasteiger partial charge < -0.3 is 14.2 Å². The van der Waals surface area contributed by atoms with Gasteiger partial charge in [-0.2, -0.15) is 0 Å². The number of aryl methyl sites for hydroxylation is 1. The molecule has 0 bridgehead atoms. The van der Waals surface area contributed by atoms with Gasteiger partial charge in [0, 0.05) is 0 Å². The Balaban J connectivity index is 1.21. The summed E-state index contributed by atoms with van der Waals surface area (Å²) in [7, 11) is 0. The van der Waals surface area contributed by atoms with Crippen LogP contribution in [0, 0.1) is 6.92 Å². The van der Waals surface area contributed by atoms with Crippen molar-refractivity contribution >= 4 is 23.6 Å². The second-order valence-electron chi connectivity index (χ2n) is 7.67. The van der Waals surface area contributed by atoms with Crippen molar-refractivity contribution in [3.8, 4) is 11.5 Å². The lowest BCUT2D eigenvalue weighted by molar-refractivity contribution is -0.117. The maximum atomic E-state index is 12.7. The minimum atomic E-state index is -0.433. The van der Waals surface area contributed by atoms with Crippen molar-refractivity contribution < 1.29 is 23.8 Å². The van der Waals surface area contributed by atoms with Crippen molar-refractivity contribution in [2.45, 2.75) is 6.92 Å². The fourth-order valence-electron chi connectivity index (χ4n) is 3.39. The van der Waals surface area contributed by atoms with Gasteiger partial charge in [-0.05, 0) is 60.5 Å². The van der Waals surface area contributed by atoms with Crippen LogP contribution in [0.4, 0.5) is 5.69 Å². The Morgan fingerprint density at radius 3 is 2.21 bits per heavy atom. The molecule has 1 saturated heterocycles. The number of hydrazine groups is 1. The highest BCUT2D eigenvalue weighted by Crippen LogP contribution is 2.22. The highest BCUT2D eigenvalue weighted by Gasteiger charge is 2.34. The highest BCUT2D eigenvalue weighted by atomic mass is 16.5. The summed E-state index contributed by atoms with van der Waals surface area (Å²) >= 11 is 0. The Bertz CT molecular complexity index is 1160. The molecule has 1 N–H and O–H groups in total. The molecule has 7 heteroatoms. The molecule has 0 unspecified atom stereocenters. The Morgan fingerprint density at radius 2 is 1.50 bits per heavy atom. The molecule has 1 heterocycles. The predicted octanol–water partition coefficient (Wildman–Crippen LogP) is 3.93. The SMILES string of the molecule is Cc1cccc(OCCOCCOc2ccc(C=C3C(=O)NN(c4ccccc4)C3=O)cc2)c1. The molecule has 0 saturated carbocycles. The van der Waals surface area contributed by atoms with E-state index in [-0.39, 0.29) is 11.5 Å². The molecule has 0 aliphatic carbocycles. The molecule has 1 fully saturated rings. The van der Waals surface area contributed by atoms with E-state index < -0.39 is 5.91 Å². The monoisotopic (exact) mass is 458 g/mol. The number of para-hydroxylation sites is 1. The van der Waals surface area contributed by atoms with Gasteiger partial charge in [-0.3, -0.25) is 15.0 Å². The third-order valence-corrected chi connectivity index (χ3v) is 5.08. The fraction of sp³-hybridized carbons (Fsp3) is 0.185. The fourth-order valence-corrected chi connectivity index (χ4v) is 3.39. The van der Waals surface area contributed by atoms with Gasteiger partial charge in [0.05, 0.1) is 18.9 Å². The number of ether oxygens (including phenoxy) is 3. The van der Waals surface area contributed by atoms with Crippen molar-refractivity contribution in [2.75, 3.05) is 31.4 Å².